The SMILES string of the molecule is CCCn1c(-c2cc(N)ccc2Br)nc2cnccc21. The van der Waals surface area contributed by atoms with Crippen molar-refractivity contribution in [1.29, 1.82) is 0 Å². The number of hydrogen-bond acceptors (Lipinski definition) is 3. The summed E-state index contributed by atoms with van der Waals surface area (Å²) in [5.41, 5.74) is 9.67. The minimum absolute atomic E-state index is 0.733. The molecule has 2 aromatic heterocycles. The molecule has 3 rings (SSSR count). The van der Waals surface area contributed by atoms with Gasteiger partial charge in [-0.05, 0) is 30.7 Å². The molecule has 2 N–H and O–H groups in total. The summed E-state index contributed by atoms with van der Waals surface area (Å²) >= 11 is 3.59. The van der Waals surface area contributed by atoms with Crippen LogP contribution in [0.2, 0.25) is 0 Å². The Hall–Kier alpha value is -1.88. The largest absolute Gasteiger partial charge is 0.399 e. The first-order chi connectivity index (χ1) is 9.70. The first-order valence-corrected chi connectivity index (χ1v) is 7.35. The Morgan fingerprint density at radius 3 is 2.95 bits per heavy atom. The standard InChI is InChI=1S/C15H15BrN4/c1-2-7-20-14-5-6-18-9-13(14)19-15(20)11-8-10(17)3-4-12(11)16/h3-6,8-9H,2,7,17H2,1H3. The van der Waals surface area contributed by atoms with E-state index in [1.54, 1.807) is 12.4 Å². The Morgan fingerprint density at radius 2 is 2.15 bits per heavy atom. The van der Waals surface area contributed by atoms with Gasteiger partial charge in [0.2, 0.25) is 0 Å². The molecule has 0 unspecified atom stereocenters. The topological polar surface area (TPSA) is 56.7 Å². The fourth-order valence-corrected chi connectivity index (χ4v) is 2.78. The smallest absolute Gasteiger partial charge is 0.142 e. The van der Waals surface area contributed by atoms with Gasteiger partial charge in [-0.15, -0.1) is 0 Å². The molecule has 5 heteroatoms. The Morgan fingerprint density at radius 1 is 1.30 bits per heavy atom. The first-order valence-electron chi connectivity index (χ1n) is 6.56. The molecule has 0 saturated carbocycles. The molecule has 3 aromatic rings. The van der Waals surface area contributed by atoms with E-state index < -0.39 is 0 Å². The van der Waals surface area contributed by atoms with Crippen LogP contribution in [0.3, 0.4) is 0 Å². The van der Waals surface area contributed by atoms with Crippen LogP contribution in [0.4, 0.5) is 5.69 Å². The predicted molar refractivity (Wildman–Crippen MR) is 85.4 cm³/mol. The zero-order chi connectivity index (χ0) is 14.1. The van der Waals surface area contributed by atoms with Gasteiger partial charge in [0, 0.05) is 28.5 Å². The number of fused-ring (bicyclic) bond motifs is 1. The van der Waals surface area contributed by atoms with Gasteiger partial charge < -0.3 is 10.3 Å². The van der Waals surface area contributed by atoms with Gasteiger partial charge in [-0.3, -0.25) is 4.98 Å². The lowest BCUT2D eigenvalue weighted by Gasteiger charge is -2.09. The number of aromatic nitrogens is 3. The van der Waals surface area contributed by atoms with E-state index in [9.17, 15) is 0 Å². The maximum Gasteiger partial charge on any atom is 0.142 e. The number of rotatable bonds is 3. The molecule has 20 heavy (non-hydrogen) atoms. The molecule has 0 aliphatic rings. The second-order valence-corrected chi connectivity index (χ2v) is 5.55. The molecule has 4 nitrogen and oxygen atoms in total. The van der Waals surface area contributed by atoms with Crippen molar-refractivity contribution in [1.82, 2.24) is 14.5 Å². The summed E-state index contributed by atoms with van der Waals surface area (Å²) < 4.78 is 3.21. The molecule has 102 valence electrons. The lowest BCUT2D eigenvalue weighted by atomic mass is 10.2. The third-order valence-corrected chi connectivity index (χ3v) is 3.92. The number of pyridine rings is 1. The van der Waals surface area contributed by atoms with E-state index in [0.717, 1.165) is 45.5 Å². The fraction of sp³-hybridized carbons (Fsp3) is 0.200. The van der Waals surface area contributed by atoms with Crippen LogP contribution in [0, 0.1) is 0 Å². The average molecular weight is 331 g/mol. The second kappa shape index (κ2) is 5.25. The lowest BCUT2D eigenvalue weighted by Crippen LogP contribution is -2.00. The normalized spacial score (nSPS) is 11.1. The molecule has 0 amide bonds. The van der Waals surface area contributed by atoms with Crippen molar-refractivity contribution in [2.45, 2.75) is 19.9 Å². The number of benzene rings is 1. The summed E-state index contributed by atoms with van der Waals surface area (Å²) in [6.07, 6.45) is 4.64. The maximum atomic E-state index is 5.91. The number of anilines is 1. The van der Waals surface area contributed by atoms with Crippen LogP contribution in [-0.2, 0) is 6.54 Å². The summed E-state index contributed by atoms with van der Waals surface area (Å²) in [6.45, 7) is 3.07. The van der Waals surface area contributed by atoms with Gasteiger partial charge in [-0.2, -0.15) is 0 Å². The van der Waals surface area contributed by atoms with Crippen molar-refractivity contribution in [3.63, 3.8) is 0 Å². The van der Waals surface area contributed by atoms with Crippen molar-refractivity contribution < 1.29 is 0 Å². The monoisotopic (exact) mass is 330 g/mol. The maximum absolute atomic E-state index is 5.91. The molecular formula is C15H15BrN4. The van der Waals surface area contributed by atoms with E-state index in [1.807, 2.05) is 24.3 Å². The van der Waals surface area contributed by atoms with Gasteiger partial charge in [-0.25, -0.2) is 4.98 Å². The van der Waals surface area contributed by atoms with Gasteiger partial charge in [0.15, 0.2) is 0 Å². The second-order valence-electron chi connectivity index (χ2n) is 4.69. The van der Waals surface area contributed by atoms with Gasteiger partial charge in [0.1, 0.15) is 11.3 Å². The Labute approximate surface area is 125 Å². The third kappa shape index (κ3) is 2.18. The van der Waals surface area contributed by atoms with Crippen molar-refractivity contribution >= 4 is 32.7 Å². The average Bonchev–Trinajstić information content (AvgIpc) is 2.81. The molecular weight excluding hydrogens is 316 g/mol. The summed E-state index contributed by atoms with van der Waals surface area (Å²) in [7, 11) is 0. The third-order valence-electron chi connectivity index (χ3n) is 3.23. The van der Waals surface area contributed by atoms with Gasteiger partial charge in [0.25, 0.3) is 0 Å². The predicted octanol–water partition coefficient (Wildman–Crippen LogP) is 3.85. The van der Waals surface area contributed by atoms with Crippen LogP contribution >= 0.6 is 15.9 Å². The lowest BCUT2D eigenvalue weighted by molar-refractivity contribution is 0.704. The summed E-state index contributed by atoms with van der Waals surface area (Å²) in [4.78, 5) is 8.87. The highest BCUT2D eigenvalue weighted by Crippen LogP contribution is 2.32. The highest BCUT2D eigenvalue weighted by Gasteiger charge is 2.14. The van der Waals surface area contributed by atoms with Crippen LogP contribution in [0.1, 0.15) is 13.3 Å². The highest BCUT2D eigenvalue weighted by molar-refractivity contribution is 9.10. The van der Waals surface area contributed by atoms with Crippen molar-refractivity contribution in [2.24, 2.45) is 0 Å². The van der Waals surface area contributed by atoms with Crippen molar-refractivity contribution in [2.75, 3.05) is 5.73 Å². The number of halogens is 1. The molecule has 2 heterocycles. The van der Waals surface area contributed by atoms with Crippen LogP contribution in [0.25, 0.3) is 22.4 Å². The van der Waals surface area contributed by atoms with E-state index in [-0.39, 0.29) is 0 Å². The summed E-state index contributed by atoms with van der Waals surface area (Å²) in [5.74, 6) is 0.925. The first kappa shape index (κ1) is 13.1. The summed E-state index contributed by atoms with van der Waals surface area (Å²) in [5, 5.41) is 0. The number of imidazole rings is 1. The number of nitrogens with two attached hydrogens (primary N) is 1. The van der Waals surface area contributed by atoms with Crippen molar-refractivity contribution in [3.8, 4) is 11.4 Å². The molecule has 0 spiro atoms. The van der Waals surface area contributed by atoms with Gasteiger partial charge in [-0.1, -0.05) is 22.9 Å². The molecule has 1 aromatic carbocycles. The minimum Gasteiger partial charge on any atom is -0.399 e. The fourth-order valence-electron chi connectivity index (χ4n) is 2.35. The van der Waals surface area contributed by atoms with Crippen molar-refractivity contribution in [3.05, 3.63) is 41.1 Å². The molecule has 0 aliphatic heterocycles. The molecule has 0 aliphatic carbocycles. The highest BCUT2D eigenvalue weighted by atomic mass is 79.9. The van der Waals surface area contributed by atoms with E-state index in [2.05, 4.69) is 32.4 Å². The minimum atomic E-state index is 0.733. The van der Waals surface area contributed by atoms with E-state index in [4.69, 9.17) is 10.7 Å². The van der Waals surface area contributed by atoms with Crippen LogP contribution in [0.15, 0.2) is 41.1 Å². The Balaban J connectivity index is 2.29. The quantitative estimate of drug-likeness (QED) is 0.742. The van der Waals surface area contributed by atoms with Gasteiger partial charge in [0.05, 0.1) is 11.7 Å². The Kier molecular flexibility index (Phi) is 3.44. The zero-order valence-corrected chi connectivity index (χ0v) is 12.8. The van der Waals surface area contributed by atoms with E-state index >= 15 is 0 Å². The number of nitrogens with zero attached hydrogens (tertiary/aromatic N) is 3. The molecule has 0 fully saturated rings. The van der Waals surface area contributed by atoms with Crippen LogP contribution < -0.4 is 5.73 Å². The van der Waals surface area contributed by atoms with Gasteiger partial charge >= 0.3 is 0 Å². The van der Waals surface area contributed by atoms with Crippen LogP contribution in [0.5, 0.6) is 0 Å². The van der Waals surface area contributed by atoms with E-state index in [1.165, 1.54) is 0 Å². The molecule has 0 bridgehead atoms. The molecule has 0 radical (unpaired) electrons. The number of aryl methyl sites for hydroxylation is 1. The number of hydrogen-bond donors (Lipinski definition) is 1. The Bertz CT molecular complexity index is 764. The van der Waals surface area contributed by atoms with Crippen LogP contribution in [-0.4, -0.2) is 14.5 Å². The summed E-state index contributed by atoms with van der Waals surface area (Å²) in [6, 6.07) is 7.78. The number of nitrogen functional groups attached to an aromatic ring is 1. The molecule has 0 saturated heterocycles. The molecule has 0 atom stereocenters. The zero-order valence-electron chi connectivity index (χ0n) is 11.2. The van der Waals surface area contributed by atoms with E-state index in [0.29, 0.717) is 0 Å².